The number of hydrogen-bond donors (Lipinski definition) is 1. The van der Waals surface area contributed by atoms with Crippen LogP contribution >= 0.6 is 11.6 Å². The molecular weight excluding hydrogens is 282 g/mol. The summed E-state index contributed by atoms with van der Waals surface area (Å²) < 4.78 is 5.97. The molecule has 0 bridgehead atoms. The van der Waals surface area contributed by atoms with Crippen LogP contribution in [0.1, 0.15) is 22.3 Å². The number of benzene rings is 2. The molecule has 2 nitrogen and oxygen atoms in total. The van der Waals surface area contributed by atoms with Gasteiger partial charge in [0.25, 0.3) is 0 Å². The molecule has 0 spiro atoms. The van der Waals surface area contributed by atoms with Gasteiger partial charge < -0.3 is 10.5 Å². The van der Waals surface area contributed by atoms with Crippen molar-refractivity contribution in [2.45, 2.75) is 20.5 Å². The van der Waals surface area contributed by atoms with E-state index in [1.165, 1.54) is 0 Å². The van der Waals surface area contributed by atoms with E-state index in [1.807, 2.05) is 50.2 Å². The van der Waals surface area contributed by atoms with Crippen molar-refractivity contribution >= 4 is 11.6 Å². The summed E-state index contributed by atoms with van der Waals surface area (Å²) in [6.45, 7) is 4.81. The quantitative estimate of drug-likeness (QED) is 0.874. The molecule has 0 saturated heterocycles. The molecule has 0 aromatic heterocycles. The Morgan fingerprint density at radius 2 is 1.81 bits per heavy atom. The van der Waals surface area contributed by atoms with E-state index in [1.54, 1.807) is 0 Å². The maximum atomic E-state index is 6.04. The van der Waals surface area contributed by atoms with Crippen molar-refractivity contribution in [2.75, 3.05) is 6.54 Å². The van der Waals surface area contributed by atoms with Gasteiger partial charge in [-0.3, -0.25) is 0 Å². The van der Waals surface area contributed by atoms with Gasteiger partial charge in [-0.25, -0.2) is 0 Å². The van der Waals surface area contributed by atoms with Crippen molar-refractivity contribution in [3.05, 3.63) is 63.7 Å². The highest BCUT2D eigenvalue weighted by atomic mass is 35.5. The fourth-order valence-electron chi connectivity index (χ4n) is 2.19. The molecule has 0 atom stereocenters. The molecule has 108 valence electrons. The summed E-state index contributed by atoms with van der Waals surface area (Å²) >= 11 is 6.04. The fourth-order valence-corrected chi connectivity index (χ4v) is 2.52. The van der Waals surface area contributed by atoms with Gasteiger partial charge in [0.05, 0.1) is 6.54 Å². The van der Waals surface area contributed by atoms with E-state index in [0.29, 0.717) is 13.2 Å². The zero-order valence-electron chi connectivity index (χ0n) is 12.2. The van der Waals surface area contributed by atoms with Crippen LogP contribution in [0.3, 0.4) is 0 Å². The molecule has 0 radical (unpaired) electrons. The van der Waals surface area contributed by atoms with Gasteiger partial charge in [-0.05, 0) is 43.2 Å². The molecule has 2 aromatic carbocycles. The number of aryl methyl sites for hydroxylation is 2. The zero-order valence-corrected chi connectivity index (χ0v) is 13.0. The molecule has 0 aliphatic heterocycles. The van der Waals surface area contributed by atoms with Gasteiger partial charge in [0.15, 0.2) is 0 Å². The summed E-state index contributed by atoms with van der Waals surface area (Å²) in [7, 11) is 0. The van der Waals surface area contributed by atoms with Gasteiger partial charge in [-0.15, -0.1) is 0 Å². The second kappa shape index (κ2) is 7.17. The zero-order chi connectivity index (χ0) is 15.2. The lowest BCUT2D eigenvalue weighted by Gasteiger charge is -2.13. The smallest absolute Gasteiger partial charge is 0.125 e. The van der Waals surface area contributed by atoms with E-state index in [0.717, 1.165) is 33.0 Å². The number of nitrogens with two attached hydrogens (primary N) is 1. The van der Waals surface area contributed by atoms with E-state index < -0.39 is 0 Å². The Hall–Kier alpha value is -1.95. The standard InChI is InChI=1S/C18H18ClNO/c1-13-10-17(19)11-14(2)18(13)21-12-16-7-4-3-6-15(16)8-5-9-20/h3-4,6-7,10-11H,9,12,20H2,1-2H3. The van der Waals surface area contributed by atoms with Crippen molar-refractivity contribution in [3.8, 4) is 17.6 Å². The molecule has 2 aromatic rings. The third-order valence-electron chi connectivity index (χ3n) is 3.14. The lowest BCUT2D eigenvalue weighted by Crippen LogP contribution is -2.01. The number of hydrogen-bond acceptors (Lipinski definition) is 2. The van der Waals surface area contributed by atoms with Gasteiger partial charge in [0.2, 0.25) is 0 Å². The predicted octanol–water partition coefficient (Wildman–Crippen LogP) is 3.85. The Morgan fingerprint density at radius 3 is 2.48 bits per heavy atom. The maximum absolute atomic E-state index is 6.04. The summed E-state index contributed by atoms with van der Waals surface area (Å²) in [5.74, 6) is 6.83. The van der Waals surface area contributed by atoms with Crippen LogP contribution in [0.2, 0.25) is 5.02 Å². The first-order chi connectivity index (χ1) is 10.1. The van der Waals surface area contributed by atoms with Crippen LogP contribution in [0.25, 0.3) is 0 Å². The Kier molecular flexibility index (Phi) is 5.27. The Labute approximate surface area is 130 Å². The summed E-state index contributed by atoms with van der Waals surface area (Å²) in [5.41, 5.74) is 9.49. The molecule has 2 rings (SSSR count). The van der Waals surface area contributed by atoms with Crippen LogP contribution in [0, 0.1) is 25.7 Å². The largest absolute Gasteiger partial charge is 0.488 e. The van der Waals surface area contributed by atoms with Gasteiger partial charge in [-0.1, -0.05) is 41.6 Å². The van der Waals surface area contributed by atoms with E-state index >= 15 is 0 Å². The first-order valence-electron chi connectivity index (χ1n) is 6.78. The molecule has 21 heavy (non-hydrogen) atoms. The van der Waals surface area contributed by atoms with E-state index in [-0.39, 0.29) is 0 Å². The van der Waals surface area contributed by atoms with Crippen molar-refractivity contribution in [1.82, 2.24) is 0 Å². The first-order valence-corrected chi connectivity index (χ1v) is 7.16. The van der Waals surface area contributed by atoms with Gasteiger partial charge in [0.1, 0.15) is 12.4 Å². The minimum Gasteiger partial charge on any atom is -0.488 e. The van der Waals surface area contributed by atoms with Crippen LogP contribution in [0.15, 0.2) is 36.4 Å². The Balaban J connectivity index is 2.21. The predicted molar refractivity (Wildman–Crippen MR) is 87.6 cm³/mol. The van der Waals surface area contributed by atoms with E-state index in [9.17, 15) is 0 Å². The van der Waals surface area contributed by atoms with Gasteiger partial charge in [-0.2, -0.15) is 0 Å². The van der Waals surface area contributed by atoms with E-state index in [4.69, 9.17) is 22.1 Å². The molecule has 3 heteroatoms. The maximum Gasteiger partial charge on any atom is 0.125 e. The molecule has 0 unspecified atom stereocenters. The van der Waals surface area contributed by atoms with Crippen molar-refractivity contribution in [3.63, 3.8) is 0 Å². The third kappa shape index (κ3) is 4.01. The minimum absolute atomic E-state index is 0.352. The average molecular weight is 300 g/mol. The molecule has 0 heterocycles. The summed E-state index contributed by atoms with van der Waals surface area (Å²) in [6.07, 6.45) is 0. The normalized spacial score (nSPS) is 9.90. The highest BCUT2D eigenvalue weighted by Gasteiger charge is 2.07. The van der Waals surface area contributed by atoms with Crippen molar-refractivity contribution < 1.29 is 4.74 Å². The SMILES string of the molecule is Cc1cc(Cl)cc(C)c1OCc1ccccc1C#CCN. The molecule has 2 N–H and O–H groups in total. The molecule has 0 saturated carbocycles. The second-order valence-electron chi connectivity index (χ2n) is 4.82. The monoisotopic (exact) mass is 299 g/mol. The fraction of sp³-hybridized carbons (Fsp3) is 0.222. The topological polar surface area (TPSA) is 35.2 Å². The van der Waals surface area contributed by atoms with Crippen LogP contribution in [-0.4, -0.2) is 6.54 Å². The molecule has 0 amide bonds. The van der Waals surface area contributed by atoms with Gasteiger partial charge >= 0.3 is 0 Å². The molecule has 0 fully saturated rings. The van der Waals surface area contributed by atoms with Crippen LogP contribution in [-0.2, 0) is 6.61 Å². The average Bonchev–Trinajstić information content (AvgIpc) is 2.45. The number of halogens is 1. The summed E-state index contributed by atoms with van der Waals surface area (Å²) in [6, 6.07) is 11.7. The number of rotatable bonds is 3. The van der Waals surface area contributed by atoms with E-state index in [2.05, 4.69) is 11.8 Å². The van der Waals surface area contributed by atoms with Crippen LogP contribution in [0.4, 0.5) is 0 Å². The molecular formula is C18H18ClNO. The summed E-state index contributed by atoms with van der Waals surface area (Å²) in [4.78, 5) is 0. The summed E-state index contributed by atoms with van der Waals surface area (Å²) in [5, 5.41) is 0.728. The lowest BCUT2D eigenvalue weighted by molar-refractivity contribution is 0.301. The van der Waals surface area contributed by atoms with Crippen molar-refractivity contribution in [2.24, 2.45) is 5.73 Å². The highest BCUT2D eigenvalue weighted by molar-refractivity contribution is 6.30. The first kappa shape index (κ1) is 15.4. The van der Waals surface area contributed by atoms with Crippen molar-refractivity contribution in [1.29, 1.82) is 0 Å². The van der Waals surface area contributed by atoms with Crippen LogP contribution < -0.4 is 10.5 Å². The molecule has 0 aliphatic rings. The second-order valence-corrected chi connectivity index (χ2v) is 5.26. The highest BCUT2D eigenvalue weighted by Crippen LogP contribution is 2.28. The van der Waals surface area contributed by atoms with Gasteiger partial charge in [0, 0.05) is 16.1 Å². The Morgan fingerprint density at radius 1 is 1.14 bits per heavy atom. The molecule has 0 aliphatic carbocycles. The minimum atomic E-state index is 0.352. The van der Waals surface area contributed by atoms with Crippen LogP contribution in [0.5, 0.6) is 5.75 Å². The lowest BCUT2D eigenvalue weighted by atomic mass is 10.1. The number of ether oxygens (including phenoxy) is 1. The Bertz CT molecular complexity index is 675. The third-order valence-corrected chi connectivity index (χ3v) is 3.36.